The highest BCUT2D eigenvalue weighted by Crippen LogP contribution is 2.39. The van der Waals surface area contributed by atoms with Crippen molar-refractivity contribution in [2.75, 3.05) is 0 Å². The van der Waals surface area contributed by atoms with Crippen molar-refractivity contribution in [2.24, 2.45) is 11.8 Å². The maximum absolute atomic E-state index is 13.5. The van der Waals surface area contributed by atoms with E-state index in [-0.39, 0.29) is 22.8 Å². The first-order valence-corrected chi connectivity index (χ1v) is 10.9. The van der Waals surface area contributed by atoms with E-state index >= 15 is 0 Å². The van der Waals surface area contributed by atoms with Gasteiger partial charge in [-0.15, -0.1) is 0 Å². The summed E-state index contributed by atoms with van der Waals surface area (Å²) in [6.07, 6.45) is 2.88. The zero-order valence-corrected chi connectivity index (χ0v) is 18.4. The molecule has 1 saturated heterocycles. The van der Waals surface area contributed by atoms with Crippen LogP contribution in [0.2, 0.25) is 10.0 Å². The fourth-order valence-corrected chi connectivity index (χ4v) is 4.65. The summed E-state index contributed by atoms with van der Waals surface area (Å²) in [5.74, 6) is -2.44. The van der Waals surface area contributed by atoms with E-state index in [1.807, 2.05) is 0 Å². The Morgan fingerprint density at radius 2 is 1.69 bits per heavy atom. The van der Waals surface area contributed by atoms with Gasteiger partial charge in [0.25, 0.3) is 23.4 Å². The summed E-state index contributed by atoms with van der Waals surface area (Å²) in [4.78, 5) is 50.4. The molecule has 2 aliphatic rings. The Balaban J connectivity index is 1.74. The van der Waals surface area contributed by atoms with Crippen molar-refractivity contribution in [3.05, 3.63) is 73.8 Å². The van der Waals surface area contributed by atoms with Crippen molar-refractivity contribution in [2.45, 2.75) is 32.2 Å². The van der Waals surface area contributed by atoms with Gasteiger partial charge < -0.3 is 0 Å². The van der Waals surface area contributed by atoms with Crippen LogP contribution in [0.4, 0.5) is 5.69 Å². The molecular formula is C22H19Cl2N3O5. The number of carbonyl (C=O) groups is 3. The quantitative estimate of drug-likeness (QED) is 0.356. The Morgan fingerprint density at radius 1 is 1.03 bits per heavy atom. The largest absolute Gasteiger partial charge is 0.273 e. The molecule has 0 aromatic heterocycles. The van der Waals surface area contributed by atoms with E-state index in [0.29, 0.717) is 23.4 Å². The van der Waals surface area contributed by atoms with Crippen molar-refractivity contribution >= 4 is 46.6 Å². The molecule has 1 saturated carbocycles. The van der Waals surface area contributed by atoms with E-state index in [4.69, 9.17) is 23.2 Å². The number of imide groups is 1. The number of nitro benzene ring substituents is 1. The second-order valence-electron chi connectivity index (χ2n) is 7.90. The first-order valence-electron chi connectivity index (χ1n) is 10.2. The van der Waals surface area contributed by atoms with Crippen molar-refractivity contribution < 1.29 is 19.3 Å². The number of hydrazine groups is 1. The van der Waals surface area contributed by atoms with Gasteiger partial charge in [0.2, 0.25) is 0 Å². The molecule has 166 valence electrons. The molecule has 2 aromatic rings. The summed E-state index contributed by atoms with van der Waals surface area (Å²) in [6.45, 7) is -0.130. The van der Waals surface area contributed by atoms with Crippen molar-refractivity contribution in [1.29, 1.82) is 0 Å². The van der Waals surface area contributed by atoms with Crippen LogP contribution in [0.3, 0.4) is 0 Å². The first kappa shape index (κ1) is 22.2. The number of carbonyl (C=O) groups excluding carboxylic acids is 3. The van der Waals surface area contributed by atoms with Crippen molar-refractivity contribution in [3.8, 4) is 0 Å². The van der Waals surface area contributed by atoms with Gasteiger partial charge in [0.05, 0.1) is 33.3 Å². The van der Waals surface area contributed by atoms with Crippen LogP contribution in [0.1, 0.15) is 41.6 Å². The zero-order valence-electron chi connectivity index (χ0n) is 16.9. The lowest BCUT2D eigenvalue weighted by molar-refractivity contribution is -0.384. The predicted molar refractivity (Wildman–Crippen MR) is 117 cm³/mol. The normalized spacial score (nSPS) is 20.2. The molecule has 10 heteroatoms. The minimum Gasteiger partial charge on any atom is -0.272 e. The number of non-ortho nitro benzene ring substituents is 1. The van der Waals surface area contributed by atoms with Gasteiger partial charge in [0.15, 0.2) is 0 Å². The predicted octanol–water partition coefficient (Wildman–Crippen LogP) is 4.63. The number of fused-ring (bicyclic) bond motifs is 1. The Bertz CT molecular complexity index is 1100. The molecule has 0 N–H and O–H groups in total. The zero-order chi connectivity index (χ0) is 23.0. The average molecular weight is 476 g/mol. The van der Waals surface area contributed by atoms with Crippen LogP contribution in [-0.4, -0.2) is 32.7 Å². The highest BCUT2D eigenvalue weighted by molar-refractivity contribution is 6.42. The molecule has 0 radical (unpaired) electrons. The topological polar surface area (TPSA) is 101 Å². The number of nitrogens with zero attached hydrogens (tertiary/aromatic N) is 3. The monoisotopic (exact) mass is 475 g/mol. The van der Waals surface area contributed by atoms with Crippen LogP contribution < -0.4 is 0 Å². The van der Waals surface area contributed by atoms with Crippen LogP contribution in [0.15, 0.2) is 42.5 Å². The second-order valence-corrected chi connectivity index (χ2v) is 8.72. The van der Waals surface area contributed by atoms with Crippen LogP contribution in [0.25, 0.3) is 0 Å². The van der Waals surface area contributed by atoms with Crippen LogP contribution in [0.5, 0.6) is 0 Å². The molecule has 0 bridgehead atoms. The number of hydrogen-bond acceptors (Lipinski definition) is 5. The molecule has 0 spiro atoms. The van der Waals surface area contributed by atoms with Crippen LogP contribution >= 0.6 is 23.2 Å². The molecular weight excluding hydrogens is 457 g/mol. The summed E-state index contributed by atoms with van der Waals surface area (Å²) in [6, 6.07) is 9.94. The van der Waals surface area contributed by atoms with E-state index < -0.39 is 34.5 Å². The van der Waals surface area contributed by atoms with Gasteiger partial charge in [0, 0.05) is 17.7 Å². The van der Waals surface area contributed by atoms with Gasteiger partial charge in [-0.1, -0.05) is 48.2 Å². The molecule has 8 nitrogen and oxygen atoms in total. The molecule has 32 heavy (non-hydrogen) atoms. The lowest BCUT2D eigenvalue weighted by atomic mass is 9.81. The molecule has 2 atom stereocenters. The molecule has 1 aliphatic carbocycles. The third-order valence-corrected chi connectivity index (χ3v) is 6.65. The molecule has 2 fully saturated rings. The second kappa shape index (κ2) is 8.88. The molecule has 0 unspecified atom stereocenters. The van der Waals surface area contributed by atoms with Gasteiger partial charge in [-0.25, -0.2) is 5.01 Å². The smallest absolute Gasteiger partial charge is 0.272 e. The third-order valence-electron chi connectivity index (χ3n) is 5.91. The summed E-state index contributed by atoms with van der Waals surface area (Å²) in [5.41, 5.74) is 0.279. The summed E-state index contributed by atoms with van der Waals surface area (Å²) >= 11 is 12.1. The first-order chi connectivity index (χ1) is 15.3. The standard InChI is InChI=1S/C22H19Cl2N3O5/c23-18-9-8-13(10-19(18)24)12-25(20(28)14-4-3-5-15(11-14)27(31)32)26-21(29)16-6-1-2-7-17(16)22(26)30/h3-5,8-11,16-17H,1-2,6-7,12H2/t16-,17+. The number of hydrogen-bond donors (Lipinski definition) is 0. The van der Waals surface area contributed by atoms with Gasteiger partial charge in [-0.05, 0) is 36.6 Å². The fraction of sp³-hybridized carbons (Fsp3) is 0.318. The van der Waals surface area contributed by atoms with E-state index in [2.05, 4.69) is 0 Å². The molecule has 3 amide bonds. The van der Waals surface area contributed by atoms with Crippen LogP contribution in [0, 0.1) is 22.0 Å². The lowest BCUT2D eigenvalue weighted by Gasteiger charge is -2.30. The van der Waals surface area contributed by atoms with Gasteiger partial charge in [-0.2, -0.15) is 5.01 Å². The van der Waals surface area contributed by atoms with Gasteiger partial charge in [-0.3, -0.25) is 24.5 Å². The van der Waals surface area contributed by atoms with E-state index in [0.717, 1.165) is 28.9 Å². The van der Waals surface area contributed by atoms with Crippen molar-refractivity contribution in [3.63, 3.8) is 0 Å². The third kappa shape index (κ3) is 4.08. The Labute approximate surface area is 193 Å². The summed E-state index contributed by atoms with van der Waals surface area (Å²) < 4.78 is 0. The Hall–Kier alpha value is -2.97. The van der Waals surface area contributed by atoms with E-state index in [1.165, 1.54) is 18.2 Å². The number of halogens is 2. The average Bonchev–Trinajstić information content (AvgIpc) is 3.04. The molecule has 4 rings (SSSR count). The summed E-state index contributed by atoms with van der Waals surface area (Å²) in [5, 5.41) is 13.7. The number of benzene rings is 2. The minimum atomic E-state index is -0.694. The number of amides is 3. The van der Waals surface area contributed by atoms with Crippen molar-refractivity contribution in [1.82, 2.24) is 10.0 Å². The molecule has 2 aromatic carbocycles. The Morgan fingerprint density at radius 3 is 2.28 bits per heavy atom. The number of nitro groups is 1. The highest BCUT2D eigenvalue weighted by Gasteiger charge is 2.51. The fourth-order valence-electron chi connectivity index (χ4n) is 4.33. The summed E-state index contributed by atoms with van der Waals surface area (Å²) in [7, 11) is 0. The maximum atomic E-state index is 13.5. The Kier molecular flexibility index (Phi) is 6.17. The van der Waals surface area contributed by atoms with Crippen LogP contribution in [-0.2, 0) is 16.1 Å². The van der Waals surface area contributed by atoms with E-state index in [9.17, 15) is 24.5 Å². The SMILES string of the molecule is O=C(c1cccc([N+](=O)[O-])c1)N(Cc1ccc(Cl)c(Cl)c1)N1C(=O)[C@H]2CCCC[C@H]2C1=O. The minimum absolute atomic E-state index is 0.00488. The number of rotatable bonds is 5. The lowest BCUT2D eigenvalue weighted by Crippen LogP contribution is -2.49. The van der Waals surface area contributed by atoms with Gasteiger partial charge in [0.1, 0.15) is 0 Å². The molecule has 1 heterocycles. The molecule has 1 aliphatic heterocycles. The highest BCUT2D eigenvalue weighted by atomic mass is 35.5. The maximum Gasteiger partial charge on any atom is 0.273 e. The van der Waals surface area contributed by atoms with Gasteiger partial charge >= 0.3 is 0 Å². The van der Waals surface area contributed by atoms with E-state index in [1.54, 1.807) is 18.2 Å².